The van der Waals surface area contributed by atoms with Gasteiger partial charge in [0, 0.05) is 0 Å². The van der Waals surface area contributed by atoms with Crippen LogP contribution in [0.1, 0.15) is 27.2 Å². The van der Waals surface area contributed by atoms with Crippen molar-refractivity contribution in [2.24, 2.45) is 5.92 Å². The number of carboxylic acid groups (broad SMARTS) is 1. The molecule has 1 rings (SSSR count). The molecule has 1 unspecified atom stereocenters. The fourth-order valence-corrected chi connectivity index (χ4v) is 1.46. The molecule has 1 amide bonds. The summed E-state index contributed by atoms with van der Waals surface area (Å²) in [4.78, 5) is 22.6. The van der Waals surface area contributed by atoms with E-state index in [2.05, 4.69) is 20.8 Å². The Kier molecular flexibility index (Phi) is 4.35. The molecule has 0 bridgehead atoms. The van der Waals surface area contributed by atoms with Crippen molar-refractivity contribution in [3.63, 3.8) is 0 Å². The van der Waals surface area contributed by atoms with Crippen LogP contribution in [-0.4, -0.2) is 42.7 Å². The fourth-order valence-electron chi connectivity index (χ4n) is 1.46. The molecule has 1 heterocycles. The summed E-state index contributed by atoms with van der Waals surface area (Å²) < 4.78 is 1.27. The average molecular weight is 255 g/mol. The largest absolute Gasteiger partial charge is 0.481 e. The van der Waals surface area contributed by atoms with Crippen molar-refractivity contribution in [3.05, 3.63) is 6.33 Å². The second-order valence-corrected chi connectivity index (χ2v) is 4.70. The standard InChI is InChI=1S/C10H17N5O3/c1-7(2)10(3,4-9(17)18)12-8(16)5-15-6-11-13-14-15/h6-7H,4-5H2,1-3H3,(H,12,16)(H,17,18). The zero-order valence-electron chi connectivity index (χ0n) is 10.6. The third-order valence-electron chi connectivity index (χ3n) is 2.91. The lowest BCUT2D eigenvalue weighted by Gasteiger charge is -2.33. The molecule has 1 aromatic rings. The van der Waals surface area contributed by atoms with E-state index < -0.39 is 11.5 Å². The Balaban J connectivity index is 2.66. The molecule has 18 heavy (non-hydrogen) atoms. The van der Waals surface area contributed by atoms with E-state index in [4.69, 9.17) is 5.11 Å². The molecule has 1 atom stereocenters. The molecule has 0 aromatic carbocycles. The van der Waals surface area contributed by atoms with Crippen molar-refractivity contribution in [2.75, 3.05) is 0 Å². The van der Waals surface area contributed by atoms with Gasteiger partial charge in [-0.3, -0.25) is 9.59 Å². The van der Waals surface area contributed by atoms with Crippen molar-refractivity contribution < 1.29 is 14.7 Å². The molecule has 0 aliphatic heterocycles. The van der Waals surface area contributed by atoms with Gasteiger partial charge in [0.1, 0.15) is 12.9 Å². The van der Waals surface area contributed by atoms with Gasteiger partial charge >= 0.3 is 5.97 Å². The Morgan fingerprint density at radius 1 is 1.50 bits per heavy atom. The lowest BCUT2D eigenvalue weighted by atomic mass is 9.85. The number of carboxylic acids is 1. The number of nitrogens with zero attached hydrogens (tertiary/aromatic N) is 4. The molecule has 1 aromatic heterocycles. The van der Waals surface area contributed by atoms with E-state index in [-0.39, 0.29) is 24.8 Å². The molecule has 100 valence electrons. The van der Waals surface area contributed by atoms with Crippen molar-refractivity contribution in [1.82, 2.24) is 25.5 Å². The highest BCUT2D eigenvalue weighted by Crippen LogP contribution is 2.20. The van der Waals surface area contributed by atoms with Crippen LogP contribution in [0, 0.1) is 5.92 Å². The Morgan fingerprint density at radius 2 is 2.17 bits per heavy atom. The summed E-state index contributed by atoms with van der Waals surface area (Å²) in [6.45, 7) is 5.40. The summed E-state index contributed by atoms with van der Waals surface area (Å²) in [6.07, 6.45) is 1.19. The first-order valence-electron chi connectivity index (χ1n) is 5.57. The van der Waals surface area contributed by atoms with Gasteiger partial charge in [-0.2, -0.15) is 0 Å². The summed E-state index contributed by atoms with van der Waals surface area (Å²) in [7, 11) is 0. The predicted molar refractivity (Wildman–Crippen MR) is 61.5 cm³/mol. The molecule has 2 N–H and O–H groups in total. The summed E-state index contributed by atoms with van der Waals surface area (Å²) in [6, 6.07) is 0. The van der Waals surface area contributed by atoms with Crippen LogP contribution in [0.25, 0.3) is 0 Å². The molecule has 8 nitrogen and oxygen atoms in total. The first-order valence-corrected chi connectivity index (χ1v) is 5.57. The van der Waals surface area contributed by atoms with Gasteiger partial charge in [-0.1, -0.05) is 13.8 Å². The third-order valence-corrected chi connectivity index (χ3v) is 2.91. The Bertz CT molecular complexity index is 417. The molecule has 0 fully saturated rings. The van der Waals surface area contributed by atoms with Crippen molar-refractivity contribution >= 4 is 11.9 Å². The first-order chi connectivity index (χ1) is 8.33. The number of aromatic nitrogens is 4. The minimum atomic E-state index is -0.950. The van der Waals surface area contributed by atoms with Crippen LogP contribution in [0.3, 0.4) is 0 Å². The number of rotatable bonds is 6. The van der Waals surface area contributed by atoms with Crippen LogP contribution in [0.5, 0.6) is 0 Å². The van der Waals surface area contributed by atoms with E-state index in [1.54, 1.807) is 6.92 Å². The van der Waals surface area contributed by atoms with E-state index in [0.29, 0.717) is 0 Å². The maximum atomic E-state index is 11.8. The SMILES string of the molecule is CC(C)C(C)(CC(=O)O)NC(=O)Cn1cnnn1. The van der Waals surface area contributed by atoms with E-state index in [1.807, 2.05) is 13.8 Å². The zero-order chi connectivity index (χ0) is 13.8. The van der Waals surface area contributed by atoms with Crippen molar-refractivity contribution in [1.29, 1.82) is 0 Å². The van der Waals surface area contributed by atoms with Gasteiger partial charge in [0.05, 0.1) is 12.0 Å². The molecule has 0 aliphatic carbocycles. The molecule has 0 saturated carbocycles. The van der Waals surface area contributed by atoms with Crippen molar-refractivity contribution in [2.45, 2.75) is 39.3 Å². The van der Waals surface area contributed by atoms with Gasteiger partial charge in [-0.25, -0.2) is 4.68 Å². The quantitative estimate of drug-likeness (QED) is 0.720. The Hall–Kier alpha value is -1.99. The van der Waals surface area contributed by atoms with E-state index >= 15 is 0 Å². The normalized spacial score (nSPS) is 14.2. The highest BCUT2D eigenvalue weighted by Gasteiger charge is 2.32. The molecular formula is C10H17N5O3. The Labute approximate surface area is 104 Å². The number of hydrogen-bond acceptors (Lipinski definition) is 5. The minimum Gasteiger partial charge on any atom is -0.481 e. The van der Waals surface area contributed by atoms with Gasteiger partial charge in [0.2, 0.25) is 5.91 Å². The number of tetrazole rings is 1. The van der Waals surface area contributed by atoms with Gasteiger partial charge < -0.3 is 10.4 Å². The van der Waals surface area contributed by atoms with Crippen LogP contribution in [0.4, 0.5) is 0 Å². The summed E-state index contributed by atoms with van der Waals surface area (Å²) in [5.41, 5.74) is -0.795. The van der Waals surface area contributed by atoms with Gasteiger partial charge in [-0.15, -0.1) is 5.10 Å². The third kappa shape index (κ3) is 3.79. The lowest BCUT2D eigenvalue weighted by molar-refractivity contribution is -0.139. The molecule has 8 heteroatoms. The first kappa shape index (κ1) is 14.1. The highest BCUT2D eigenvalue weighted by molar-refractivity contribution is 5.78. The summed E-state index contributed by atoms with van der Waals surface area (Å²) >= 11 is 0. The summed E-state index contributed by atoms with van der Waals surface area (Å²) in [5, 5.41) is 22.0. The monoisotopic (exact) mass is 255 g/mol. The molecule has 0 radical (unpaired) electrons. The van der Waals surface area contributed by atoms with Crippen LogP contribution in [-0.2, 0) is 16.1 Å². The number of aliphatic carboxylic acids is 1. The molecule has 0 spiro atoms. The maximum absolute atomic E-state index is 11.8. The van der Waals surface area contributed by atoms with Gasteiger partial charge in [-0.05, 0) is 23.3 Å². The zero-order valence-corrected chi connectivity index (χ0v) is 10.6. The minimum absolute atomic E-state index is 0.00794. The molecular weight excluding hydrogens is 238 g/mol. The number of nitrogens with one attached hydrogen (secondary N) is 1. The van der Waals surface area contributed by atoms with E-state index in [9.17, 15) is 9.59 Å². The summed E-state index contributed by atoms with van der Waals surface area (Å²) in [5.74, 6) is -1.28. The van der Waals surface area contributed by atoms with Crippen LogP contribution >= 0.6 is 0 Å². The van der Waals surface area contributed by atoms with Gasteiger partial charge in [0.15, 0.2) is 0 Å². The van der Waals surface area contributed by atoms with E-state index in [1.165, 1.54) is 11.0 Å². The highest BCUT2D eigenvalue weighted by atomic mass is 16.4. The second-order valence-electron chi connectivity index (χ2n) is 4.70. The number of amides is 1. The molecule has 0 saturated heterocycles. The lowest BCUT2D eigenvalue weighted by Crippen LogP contribution is -2.52. The average Bonchev–Trinajstić information content (AvgIpc) is 2.68. The van der Waals surface area contributed by atoms with Gasteiger partial charge in [0.25, 0.3) is 0 Å². The number of carbonyl (C=O) groups is 2. The topological polar surface area (TPSA) is 110 Å². The van der Waals surface area contributed by atoms with Crippen LogP contribution in [0.2, 0.25) is 0 Å². The Morgan fingerprint density at radius 3 is 2.61 bits per heavy atom. The van der Waals surface area contributed by atoms with Crippen molar-refractivity contribution in [3.8, 4) is 0 Å². The van der Waals surface area contributed by atoms with Crippen LogP contribution < -0.4 is 5.32 Å². The number of hydrogen-bond donors (Lipinski definition) is 2. The predicted octanol–water partition coefficient (Wildman–Crippen LogP) is -0.321. The maximum Gasteiger partial charge on any atom is 0.305 e. The molecule has 0 aliphatic rings. The van der Waals surface area contributed by atoms with E-state index in [0.717, 1.165) is 0 Å². The second kappa shape index (κ2) is 5.56. The number of carbonyl (C=O) groups excluding carboxylic acids is 1. The van der Waals surface area contributed by atoms with Crippen LogP contribution in [0.15, 0.2) is 6.33 Å². The fraction of sp³-hybridized carbons (Fsp3) is 0.700. The smallest absolute Gasteiger partial charge is 0.305 e.